The summed E-state index contributed by atoms with van der Waals surface area (Å²) in [5.74, 6) is 0.0306. The Morgan fingerprint density at radius 3 is 2.70 bits per heavy atom. The number of rotatable bonds is 4. The van der Waals surface area contributed by atoms with E-state index in [0.717, 1.165) is 5.56 Å². The zero-order valence-electron chi connectivity index (χ0n) is 10.6. The van der Waals surface area contributed by atoms with Gasteiger partial charge in [0.2, 0.25) is 0 Å². The molecule has 0 aliphatic carbocycles. The van der Waals surface area contributed by atoms with E-state index < -0.39 is 5.97 Å². The van der Waals surface area contributed by atoms with Crippen LogP contribution in [-0.2, 0) is 16.1 Å². The van der Waals surface area contributed by atoms with E-state index in [1.807, 2.05) is 6.79 Å². The lowest BCUT2D eigenvalue weighted by Gasteiger charge is -1.98. The van der Waals surface area contributed by atoms with Crippen LogP contribution in [0.15, 0.2) is 30.7 Å². The lowest BCUT2D eigenvalue weighted by molar-refractivity contribution is -0.752. The summed E-state index contributed by atoms with van der Waals surface area (Å²) in [4.78, 5) is 26.6. The van der Waals surface area contributed by atoms with Crippen LogP contribution in [0.25, 0.3) is 11.4 Å². The summed E-state index contributed by atoms with van der Waals surface area (Å²) >= 11 is 0. The van der Waals surface area contributed by atoms with Gasteiger partial charge in [0.25, 0.3) is 0 Å². The zero-order valence-corrected chi connectivity index (χ0v) is 10.6. The molecule has 0 atom stereocenters. The van der Waals surface area contributed by atoms with Crippen molar-refractivity contribution in [3.8, 4) is 11.4 Å². The number of anilines is 1. The van der Waals surface area contributed by atoms with Crippen molar-refractivity contribution in [2.75, 3.05) is 5.73 Å². The van der Waals surface area contributed by atoms with Crippen molar-refractivity contribution in [3.05, 3.63) is 30.7 Å². The molecule has 0 fully saturated rings. The Morgan fingerprint density at radius 2 is 2.15 bits per heavy atom. The summed E-state index contributed by atoms with van der Waals surface area (Å²) in [6.45, 7) is 2.33. The van der Waals surface area contributed by atoms with Crippen LogP contribution in [0.2, 0.25) is 0 Å². The quantitative estimate of drug-likeness (QED) is 0.734. The smallest absolute Gasteiger partial charge is 0.309 e. The molecule has 104 valence electrons. The molecule has 2 aromatic rings. The fourth-order valence-electron chi connectivity index (χ4n) is 1.37. The summed E-state index contributed by atoms with van der Waals surface area (Å²) in [5.41, 5.74) is 6.30. The van der Waals surface area contributed by atoms with Gasteiger partial charge in [-0.05, 0) is 11.2 Å². The number of carbonyl (C=O) groups excluding carboxylic acids is 1. The molecule has 0 aliphatic rings. The molecule has 0 radical (unpaired) electrons. The van der Waals surface area contributed by atoms with Gasteiger partial charge in [0.1, 0.15) is 25.2 Å². The van der Waals surface area contributed by atoms with E-state index in [4.69, 9.17) is 15.6 Å². The van der Waals surface area contributed by atoms with Gasteiger partial charge in [0.15, 0.2) is 18.6 Å². The summed E-state index contributed by atoms with van der Waals surface area (Å²) in [5, 5.41) is 12.7. The number of aliphatic carboxylic acids is 1. The Hall–Kier alpha value is -2.90. The Balaban J connectivity index is 0.000000956. The Kier molecular flexibility index (Phi) is 5.70. The molecule has 0 unspecified atom stereocenters. The van der Waals surface area contributed by atoms with Gasteiger partial charge in [-0.1, -0.05) is 4.68 Å². The minimum atomic E-state index is -0.854. The van der Waals surface area contributed by atoms with E-state index in [9.17, 15) is 4.79 Å². The van der Waals surface area contributed by atoms with Gasteiger partial charge in [-0.3, -0.25) is 4.79 Å². The minimum Gasteiger partial charge on any atom is -0.481 e. The van der Waals surface area contributed by atoms with Crippen LogP contribution >= 0.6 is 0 Å². The molecule has 0 bridgehead atoms. The van der Waals surface area contributed by atoms with Crippen molar-refractivity contribution in [3.63, 3.8) is 0 Å². The van der Waals surface area contributed by atoms with Crippen molar-refractivity contribution in [1.82, 2.24) is 15.1 Å². The summed E-state index contributed by atoms with van der Waals surface area (Å²) in [6.07, 6.45) is 4.87. The van der Waals surface area contributed by atoms with Crippen molar-refractivity contribution < 1.29 is 19.4 Å². The first kappa shape index (κ1) is 15.2. The van der Waals surface area contributed by atoms with Crippen molar-refractivity contribution in [1.29, 1.82) is 0 Å². The highest BCUT2D eigenvalue weighted by molar-refractivity contribution is 5.66. The van der Waals surface area contributed by atoms with Gasteiger partial charge in [-0.25, -0.2) is 9.97 Å². The number of nitrogen functional groups attached to an aromatic ring is 1. The number of carbonyl (C=O) groups is 2. The second-order valence-electron chi connectivity index (χ2n) is 3.63. The normalized spacial score (nSPS) is 9.40. The SMILES string of the molecule is C=O.Nc1ccnc(-c2cc[n+](CCC(=O)O)nc2)n1. The van der Waals surface area contributed by atoms with Gasteiger partial charge in [0.05, 0.1) is 0 Å². The second kappa shape index (κ2) is 7.52. The van der Waals surface area contributed by atoms with Crippen LogP contribution in [0.4, 0.5) is 5.82 Å². The Labute approximate surface area is 114 Å². The molecule has 2 rings (SSSR count). The van der Waals surface area contributed by atoms with E-state index in [2.05, 4.69) is 15.1 Å². The number of hydrogen-bond acceptors (Lipinski definition) is 6. The van der Waals surface area contributed by atoms with Crippen molar-refractivity contribution in [2.45, 2.75) is 13.0 Å². The van der Waals surface area contributed by atoms with Crippen LogP contribution in [0.3, 0.4) is 0 Å². The summed E-state index contributed by atoms with van der Waals surface area (Å²) in [7, 11) is 0. The molecule has 0 spiro atoms. The molecule has 0 saturated carbocycles. The van der Waals surface area contributed by atoms with Gasteiger partial charge in [-0.15, -0.1) is 0 Å². The highest BCUT2D eigenvalue weighted by Gasteiger charge is 2.08. The molecule has 0 saturated heterocycles. The highest BCUT2D eigenvalue weighted by Crippen LogP contribution is 2.11. The molecule has 20 heavy (non-hydrogen) atoms. The maximum Gasteiger partial charge on any atom is 0.309 e. The van der Waals surface area contributed by atoms with Gasteiger partial charge < -0.3 is 15.6 Å². The topological polar surface area (TPSA) is 123 Å². The van der Waals surface area contributed by atoms with E-state index in [1.54, 1.807) is 35.4 Å². The monoisotopic (exact) mass is 276 g/mol. The summed E-state index contributed by atoms with van der Waals surface area (Å²) < 4.78 is 1.55. The molecule has 0 amide bonds. The number of carboxylic acids is 1. The number of carboxylic acid groups (broad SMARTS) is 1. The average Bonchev–Trinajstić information content (AvgIpc) is 2.48. The maximum atomic E-state index is 10.4. The van der Waals surface area contributed by atoms with Crippen molar-refractivity contribution in [2.24, 2.45) is 0 Å². The average molecular weight is 276 g/mol. The lowest BCUT2D eigenvalue weighted by Crippen LogP contribution is -2.38. The molecule has 2 aromatic heterocycles. The molecule has 8 heteroatoms. The molecule has 8 nitrogen and oxygen atoms in total. The standard InChI is InChI=1S/C11H11N5O2.CH2O/c12-9-1-4-13-11(15-9)8-2-5-16(14-7-8)6-3-10(17)18;1-2/h1-2,4-5,7H,3,6H2,(H2-,12,13,15,17,18);1H2/p+1. The first-order chi connectivity index (χ1) is 9.65. The highest BCUT2D eigenvalue weighted by atomic mass is 16.4. The van der Waals surface area contributed by atoms with Crippen LogP contribution < -0.4 is 10.4 Å². The molecule has 3 N–H and O–H groups in total. The number of aryl methyl sites for hydroxylation is 1. The fourth-order valence-corrected chi connectivity index (χ4v) is 1.37. The third kappa shape index (κ3) is 4.41. The fraction of sp³-hybridized carbons (Fsp3) is 0.167. The number of aromatic nitrogens is 4. The predicted octanol–water partition coefficient (Wildman–Crippen LogP) is -0.302. The minimum absolute atomic E-state index is 0.0335. The van der Waals surface area contributed by atoms with Gasteiger partial charge >= 0.3 is 5.97 Å². The number of nitrogens with two attached hydrogens (primary N) is 1. The molecule has 0 aromatic carbocycles. The van der Waals surface area contributed by atoms with Crippen molar-refractivity contribution >= 4 is 18.6 Å². The van der Waals surface area contributed by atoms with E-state index in [1.165, 1.54) is 0 Å². The third-order valence-electron chi connectivity index (χ3n) is 2.26. The lowest BCUT2D eigenvalue weighted by atomic mass is 10.3. The summed E-state index contributed by atoms with van der Waals surface area (Å²) in [6, 6.07) is 3.37. The number of hydrogen-bond donors (Lipinski definition) is 2. The largest absolute Gasteiger partial charge is 0.481 e. The van der Waals surface area contributed by atoms with E-state index in [0.29, 0.717) is 18.2 Å². The Bertz CT molecular complexity index is 574. The first-order valence-corrected chi connectivity index (χ1v) is 5.60. The second-order valence-corrected chi connectivity index (χ2v) is 3.63. The number of nitrogens with zero attached hydrogens (tertiary/aromatic N) is 4. The Morgan fingerprint density at radius 1 is 1.40 bits per heavy atom. The van der Waals surface area contributed by atoms with E-state index >= 15 is 0 Å². The molecular formula is C12H14N5O3+. The zero-order chi connectivity index (χ0) is 15.0. The van der Waals surface area contributed by atoms with Crippen LogP contribution in [0.5, 0.6) is 0 Å². The molecule has 2 heterocycles. The third-order valence-corrected chi connectivity index (χ3v) is 2.26. The van der Waals surface area contributed by atoms with Crippen LogP contribution in [0, 0.1) is 0 Å². The van der Waals surface area contributed by atoms with Gasteiger partial charge in [-0.2, -0.15) is 0 Å². The molecule has 0 aliphatic heterocycles. The predicted molar refractivity (Wildman–Crippen MR) is 69.2 cm³/mol. The maximum absolute atomic E-state index is 10.4. The van der Waals surface area contributed by atoms with E-state index in [-0.39, 0.29) is 6.42 Å². The van der Waals surface area contributed by atoms with Crippen LogP contribution in [0.1, 0.15) is 6.42 Å². The molecular weight excluding hydrogens is 262 g/mol. The van der Waals surface area contributed by atoms with Crippen LogP contribution in [-0.4, -0.2) is 32.9 Å². The first-order valence-electron chi connectivity index (χ1n) is 5.60. The van der Waals surface area contributed by atoms with Gasteiger partial charge in [0, 0.05) is 17.8 Å².